The van der Waals surface area contributed by atoms with E-state index in [1.807, 2.05) is 0 Å². The van der Waals surface area contributed by atoms with Crippen LogP contribution in [-0.4, -0.2) is 49.8 Å². The minimum Gasteiger partial charge on any atom is -0.312 e. The average molecular weight is 157 g/mol. The first-order valence-electron chi connectivity index (χ1n) is 4.57. The SMILES string of the molecule is CCCC1CN(C)C[N+]1(C)C. The molecule has 1 atom stereocenters. The first-order chi connectivity index (χ1) is 5.06. The van der Waals surface area contributed by atoms with Crippen LogP contribution in [0.4, 0.5) is 0 Å². The van der Waals surface area contributed by atoms with Crippen LogP contribution in [0.3, 0.4) is 0 Å². The van der Waals surface area contributed by atoms with Crippen molar-refractivity contribution in [2.75, 3.05) is 34.4 Å². The Bertz CT molecular complexity index is 132. The summed E-state index contributed by atoms with van der Waals surface area (Å²) in [4.78, 5) is 2.43. The van der Waals surface area contributed by atoms with Crippen LogP contribution in [-0.2, 0) is 0 Å². The van der Waals surface area contributed by atoms with Crippen molar-refractivity contribution >= 4 is 0 Å². The highest BCUT2D eigenvalue weighted by Gasteiger charge is 2.36. The predicted molar refractivity (Wildman–Crippen MR) is 48.3 cm³/mol. The van der Waals surface area contributed by atoms with Gasteiger partial charge in [-0.05, 0) is 7.05 Å². The molecule has 2 heteroatoms. The van der Waals surface area contributed by atoms with E-state index in [-0.39, 0.29) is 0 Å². The predicted octanol–water partition coefficient (Wildman–Crippen LogP) is 1.13. The van der Waals surface area contributed by atoms with Crippen molar-refractivity contribution in [3.8, 4) is 0 Å². The van der Waals surface area contributed by atoms with E-state index < -0.39 is 0 Å². The lowest BCUT2D eigenvalue weighted by Gasteiger charge is -2.30. The third kappa shape index (κ3) is 1.94. The summed E-state index contributed by atoms with van der Waals surface area (Å²) in [5.41, 5.74) is 0. The topological polar surface area (TPSA) is 3.24 Å². The molecule has 0 bridgehead atoms. The van der Waals surface area contributed by atoms with Gasteiger partial charge in [0.05, 0.1) is 20.6 Å². The van der Waals surface area contributed by atoms with E-state index >= 15 is 0 Å². The van der Waals surface area contributed by atoms with Crippen LogP contribution in [0.2, 0.25) is 0 Å². The van der Waals surface area contributed by atoms with Crippen molar-refractivity contribution in [1.82, 2.24) is 4.90 Å². The number of hydrogen-bond donors (Lipinski definition) is 0. The van der Waals surface area contributed by atoms with E-state index in [4.69, 9.17) is 0 Å². The van der Waals surface area contributed by atoms with Gasteiger partial charge in [0.2, 0.25) is 0 Å². The van der Waals surface area contributed by atoms with Crippen LogP contribution in [0, 0.1) is 0 Å². The molecule has 1 saturated heterocycles. The first-order valence-corrected chi connectivity index (χ1v) is 4.57. The summed E-state index contributed by atoms with van der Waals surface area (Å²) >= 11 is 0. The molecule has 0 saturated carbocycles. The van der Waals surface area contributed by atoms with Gasteiger partial charge in [0.15, 0.2) is 0 Å². The number of rotatable bonds is 2. The Balaban J connectivity index is 2.51. The summed E-state index contributed by atoms with van der Waals surface area (Å²) in [5, 5.41) is 0. The molecular weight excluding hydrogens is 136 g/mol. The molecule has 1 unspecified atom stereocenters. The van der Waals surface area contributed by atoms with E-state index in [9.17, 15) is 0 Å². The van der Waals surface area contributed by atoms with Gasteiger partial charge in [0, 0.05) is 6.42 Å². The zero-order valence-corrected chi connectivity index (χ0v) is 8.30. The summed E-state index contributed by atoms with van der Waals surface area (Å²) in [6, 6.07) is 0.866. The van der Waals surface area contributed by atoms with Gasteiger partial charge in [-0.3, -0.25) is 4.90 Å². The molecule has 0 aliphatic carbocycles. The summed E-state index contributed by atoms with van der Waals surface area (Å²) in [6.07, 6.45) is 2.69. The molecule has 2 nitrogen and oxygen atoms in total. The Morgan fingerprint density at radius 2 is 2.09 bits per heavy atom. The van der Waals surface area contributed by atoms with Gasteiger partial charge in [-0.15, -0.1) is 0 Å². The van der Waals surface area contributed by atoms with Gasteiger partial charge in [-0.25, -0.2) is 0 Å². The maximum atomic E-state index is 2.43. The monoisotopic (exact) mass is 157 g/mol. The van der Waals surface area contributed by atoms with Crippen LogP contribution in [0.1, 0.15) is 19.8 Å². The van der Waals surface area contributed by atoms with Gasteiger partial charge in [-0.2, -0.15) is 0 Å². The molecule has 0 aromatic heterocycles. The highest BCUT2D eigenvalue weighted by molar-refractivity contribution is 4.67. The molecule has 0 spiro atoms. The maximum absolute atomic E-state index is 2.43. The molecule has 0 radical (unpaired) electrons. The second kappa shape index (κ2) is 3.11. The molecule has 0 aromatic carbocycles. The van der Waals surface area contributed by atoms with Crippen LogP contribution in [0.5, 0.6) is 0 Å². The maximum Gasteiger partial charge on any atom is 0.134 e. The molecule has 1 heterocycles. The lowest BCUT2D eigenvalue weighted by atomic mass is 10.1. The second-order valence-electron chi connectivity index (χ2n) is 4.40. The fraction of sp³-hybridized carbons (Fsp3) is 1.00. The van der Waals surface area contributed by atoms with Crippen molar-refractivity contribution in [3.63, 3.8) is 0 Å². The smallest absolute Gasteiger partial charge is 0.134 e. The van der Waals surface area contributed by atoms with E-state index in [1.165, 1.54) is 30.5 Å². The van der Waals surface area contributed by atoms with Crippen LogP contribution < -0.4 is 0 Å². The zero-order valence-electron chi connectivity index (χ0n) is 8.30. The lowest BCUT2D eigenvalue weighted by Crippen LogP contribution is -2.45. The van der Waals surface area contributed by atoms with Crippen LogP contribution in [0.25, 0.3) is 0 Å². The molecule has 0 amide bonds. The Labute approximate surface area is 70.4 Å². The number of hydrogen-bond acceptors (Lipinski definition) is 1. The van der Waals surface area contributed by atoms with E-state index in [0.717, 1.165) is 6.04 Å². The average Bonchev–Trinajstić information content (AvgIpc) is 2.07. The molecule has 11 heavy (non-hydrogen) atoms. The number of quaternary nitrogens is 1. The Morgan fingerprint density at radius 1 is 1.45 bits per heavy atom. The van der Waals surface area contributed by atoms with E-state index in [2.05, 4.69) is 33.0 Å². The summed E-state index contributed by atoms with van der Waals surface area (Å²) in [7, 11) is 6.89. The highest BCUT2D eigenvalue weighted by atomic mass is 15.5. The van der Waals surface area contributed by atoms with Crippen molar-refractivity contribution in [2.45, 2.75) is 25.8 Å². The second-order valence-corrected chi connectivity index (χ2v) is 4.40. The van der Waals surface area contributed by atoms with E-state index in [1.54, 1.807) is 0 Å². The summed E-state index contributed by atoms with van der Waals surface area (Å²) < 4.78 is 1.18. The number of nitrogens with zero attached hydrogens (tertiary/aromatic N) is 2. The summed E-state index contributed by atoms with van der Waals surface area (Å²) in [6.45, 7) is 4.77. The highest BCUT2D eigenvalue weighted by Crippen LogP contribution is 2.20. The van der Waals surface area contributed by atoms with Crippen LogP contribution in [0.15, 0.2) is 0 Å². The normalized spacial score (nSPS) is 31.1. The molecule has 0 aromatic rings. The molecule has 1 aliphatic heterocycles. The van der Waals surface area contributed by atoms with Gasteiger partial charge in [0.25, 0.3) is 0 Å². The van der Waals surface area contributed by atoms with Gasteiger partial charge >= 0.3 is 0 Å². The molecule has 1 aliphatic rings. The van der Waals surface area contributed by atoms with Gasteiger partial charge in [-0.1, -0.05) is 13.3 Å². The third-order valence-electron chi connectivity index (χ3n) is 2.74. The third-order valence-corrected chi connectivity index (χ3v) is 2.74. The molecular formula is C9H21N2+. The van der Waals surface area contributed by atoms with E-state index in [0.29, 0.717) is 0 Å². The number of likely N-dealkylation sites (N-methyl/N-ethyl adjacent to an activating group) is 2. The molecule has 1 fully saturated rings. The van der Waals surface area contributed by atoms with Crippen molar-refractivity contribution in [1.29, 1.82) is 0 Å². The minimum absolute atomic E-state index is 0.866. The molecule has 0 N–H and O–H groups in total. The zero-order chi connectivity index (χ0) is 8.48. The standard InChI is InChI=1S/C9H21N2/c1-5-6-9-7-10(2)8-11(9,3)4/h9H,5-8H2,1-4H3/q+1. The van der Waals surface area contributed by atoms with Crippen molar-refractivity contribution < 1.29 is 4.48 Å². The first kappa shape index (κ1) is 9.01. The van der Waals surface area contributed by atoms with Crippen molar-refractivity contribution in [3.05, 3.63) is 0 Å². The fourth-order valence-electron chi connectivity index (χ4n) is 2.15. The quantitative estimate of drug-likeness (QED) is 0.543. The Hall–Kier alpha value is -0.0800. The fourth-order valence-corrected chi connectivity index (χ4v) is 2.15. The van der Waals surface area contributed by atoms with Gasteiger partial charge < -0.3 is 4.48 Å². The van der Waals surface area contributed by atoms with Gasteiger partial charge in [0.1, 0.15) is 12.7 Å². The van der Waals surface area contributed by atoms with Crippen molar-refractivity contribution in [2.24, 2.45) is 0 Å². The minimum atomic E-state index is 0.866. The molecule has 1 rings (SSSR count). The summed E-state index contributed by atoms with van der Waals surface area (Å²) in [5.74, 6) is 0. The Morgan fingerprint density at radius 3 is 2.45 bits per heavy atom. The Kier molecular flexibility index (Phi) is 2.55. The lowest BCUT2D eigenvalue weighted by molar-refractivity contribution is -0.905. The van der Waals surface area contributed by atoms with Crippen LogP contribution >= 0.6 is 0 Å². The molecule has 66 valence electrons. The largest absolute Gasteiger partial charge is 0.312 e.